The van der Waals surface area contributed by atoms with Gasteiger partial charge in [0.1, 0.15) is 0 Å². The van der Waals surface area contributed by atoms with E-state index in [9.17, 15) is 14.4 Å². The summed E-state index contributed by atoms with van der Waals surface area (Å²) in [4.78, 5) is 32.9. The zero-order valence-electron chi connectivity index (χ0n) is 11.2. The van der Waals surface area contributed by atoms with E-state index in [1.807, 2.05) is 0 Å². The summed E-state index contributed by atoms with van der Waals surface area (Å²) in [7, 11) is 1.34. The lowest BCUT2D eigenvalue weighted by molar-refractivity contribution is -0.163. The Morgan fingerprint density at radius 1 is 1.10 bits per heavy atom. The average Bonchev–Trinajstić information content (AvgIpc) is 2.35. The topological polar surface area (TPSA) is 99.1 Å². The zero-order valence-corrected chi connectivity index (χ0v) is 11.2. The molecule has 1 aromatic carbocycles. The fourth-order valence-electron chi connectivity index (χ4n) is 1.51. The van der Waals surface area contributed by atoms with Gasteiger partial charge in [-0.2, -0.15) is 0 Å². The molecule has 0 saturated carbocycles. The first-order valence-electron chi connectivity index (χ1n) is 5.61. The average molecular weight is 282 g/mol. The van der Waals surface area contributed by atoms with E-state index in [-0.39, 0.29) is 17.1 Å². The molecule has 0 aliphatic heterocycles. The molecule has 0 fully saturated rings. The van der Waals surface area contributed by atoms with E-state index in [2.05, 4.69) is 0 Å². The molecule has 1 rings (SSSR count). The Balaban J connectivity index is 3.15. The Morgan fingerprint density at radius 3 is 2.20 bits per heavy atom. The molecule has 108 valence electrons. The predicted molar refractivity (Wildman–Crippen MR) is 66.4 cm³/mol. The number of carbonyl (C=O) groups is 3. The van der Waals surface area contributed by atoms with Crippen molar-refractivity contribution in [2.75, 3.05) is 7.11 Å². The van der Waals surface area contributed by atoms with Crippen molar-refractivity contribution < 1.29 is 33.7 Å². The minimum Gasteiger partial charge on any atom is -0.493 e. The summed E-state index contributed by atoms with van der Waals surface area (Å²) < 4.78 is 14.6. The van der Waals surface area contributed by atoms with Crippen LogP contribution in [0.5, 0.6) is 11.5 Å². The maximum Gasteiger partial charge on any atom is 0.349 e. The normalized spacial score (nSPS) is 11.3. The number of esters is 2. The molecule has 7 nitrogen and oxygen atoms in total. The van der Waals surface area contributed by atoms with Crippen LogP contribution in [0, 0.1) is 0 Å². The van der Waals surface area contributed by atoms with Crippen molar-refractivity contribution in [1.29, 1.82) is 0 Å². The Hall–Kier alpha value is -2.57. The SMILES string of the molecule is COc1cc(C(OC(C)=O)C(=O)O)ccc1OC(C)=O. The number of carboxylic acid groups (broad SMARTS) is 1. The largest absolute Gasteiger partial charge is 0.493 e. The van der Waals surface area contributed by atoms with Crippen molar-refractivity contribution >= 4 is 17.9 Å². The third kappa shape index (κ3) is 3.98. The van der Waals surface area contributed by atoms with Crippen molar-refractivity contribution in [3.63, 3.8) is 0 Å². The third-order valence-electron chi connectivity index (χ3n) is 2.25. The summed E-state index contributed by atoms with van der Waals surface area (Å²) in [6.45, 7) is 2.34. The monoisotopic (exact) mass is 282 g/mol. The third-order valence-corrected chi connectivity index (χ3v) is 2.25. The number of benzene rings is 1. The van der Waals surface area contributed by atoms with E-state index in [1.54, 1.807) is 0 Å². The van der Waals surface area contributed by atoms with Crippen LogP contribution in [0.1, 0.15) is 25.5 Å². The molecule has 1 unspecified atom stereocenters. The van der Waals surface area contributed by atoms with Crippen LogP contribution < -0.4 is 9.47 Å². The van der Waals surface area contributed by atoms with Crippen molar-refractivity contribution in [3.05, 3.63) is 23.8 Å². The molecule has 7 heteroatoms. The lowest BCUT2D eigenvalue weighted by Crippen LogP contribution is -2.18. The van der Waals surface area contributed by atoms with E-state index in [0.717, 1.165) is 6.92 Å². The summed E-state index contributed by atoms with van der Waals surface area (Å²) in [5.74, 6) is -2.26. The van der Waals surface area contributed by atoms with Gasteiger partial charge in [-0.15, -0.1) is 0 Å². The summed E-state index contributed by atoms with van der Waals surface area (Å²) >= 11 is 0. The van der Waals surface area contributed by atoms with E-state index in [1.165, 1.54) is 32.2 Å². The first-order valence-corrected chi connectivity index (χ1v) is 5.61. The molecule has 1 atom stereocenters. The van der Waals surface area contributed by atoms with Crippen LogP contribution in [-0.2, 0) is 19.1 Å². The molecule has 0 aliphatic carbocycles. The molecular formula is C13H14O7. The summed E-state index contributed by atoms with van der Waals surface area (Å²) in [5.41, 5.74) is 0.195. The maximum atomic E-state index is 11.1. The molecule has 0 saturated heterocycles. The number of hydrogen-bond acceptors (Lipinski definition) is 6. The van der Waals surface area contributed by atoms with Gasteiger partial charge < -0.3 is 19.3 Å². The Morgan fingerprint density at radius 2 is 1.75 bits per heavy atom. The van der Waals surface area contributed by atoms with E-state index in [4.69, 9.17) is 19.3 Å². The maximum absolute atomic E-state index is 11.1. The van der Waals surface area contributed by atoms with Gasteiger partial charge >= 0.3 is 17.9 Å². The lowest BCUT2D eigenvalue weighted by atomic mass is 10.1. The van der Waals surface area contributed by atoms with Gasteiger partial charge in [0.2, 0.25) is 6.10 Å². The van der Waals surface area contributed by atoms with Crippen LogP contribution >= 0.6 is 0 Å². The standard InChI is InChI=1S/C13H14O7/c1-7(14)19-10-5-4-9(6-11(10)18-3)12(13(16)17)20-8(2)15/h4-6,12H,1-3H3,(H,16,17). The van der Waals surface area contributed by atoms with Gasteiger partial charge in [-0.3, -0.25) is 9.59 Å². The highest BCUT2D eigenvalue weighted by Gasteiger charge is 2.24. The first-order chi connectivity index (χ1) is 9.35. The van der Waals surface area contributed by atoms with Crippen LogP contribution in [0.15, 0.2) is 18.2 Å². The second-order valence-corrected chi connectivity index (χ2v) is 3.83. The second kappa shape index (κ2) is 6.55. The van der Waals surface area contributed by atoms with Crippen molar-refractivity contribution in [2.45, 2.75) is 20.0 Å². The lowest BCUT2D eigenvalue weighted by Gasteiger charge is -2.15. The fourth-order valence-corrected chi connectivity index (χ4v) is 1.51. The van der Waals surface area contributed by atoms with Crippen molar-refractivity contribution in [2.24, 2.45) is 0 Å². The second-order valence-electron chi connectivity index (χ2n) is 3.83. The number of carbonyl (C=O) groups excluding carboxylic acids is 2. The number of ether oxygens (including phenoxy) is 3. The minimum absolute atomic E-state index is 0.149. The number of methoxy groups -OCH3 is 1. The molecular weight excluding hydrogens is 268 g/mol. The molecule has 0 amide bonds. The van der Waals surface area contributed by atoms with E-state index < -0.39 is 24.0 Å². The van der Waals surface area contributed by atoms with Gasteiger partial charge in [0, 0.05) is 19.4 Å². The van der Waals surface area contributed by atoms with Crippen molar-refractivity contribution in [3.8, 4) is 11.5 Å². The number of hydrogen-bond donors (Lipinski definition) is 1. The highest BCUT2D eigenvalue weighted by Crippen LogP contribution is 2.31. The van der Waals surface area contributed by atoms with Crippen LogP contribution in [0.4, 0.5) is 0 Å². The fraction of sp³-hybridized carbons (Fsp3) is 0.308. The number of rotatable bonds is 5. The zero-order chi connectivity index (χ0) is 15.3. The number of aliphatic carboxylic acids is 1. The predicted octanol–water partition coefficient (Wildman–Crippen LogP) is 1.31. The van der Waals surface area contributed by atoms with Crippen LogP contribution in [0.2, 0.25) is 0 Å². The molecule has 0 radical (unpaired) electrons. The molecule has 0 heterocycles. The number of carboxylic acids is 1. The first kappa shape index (κ1) is 15.5. The van der Waals surface area contributed by atoms with Gasteiger partial charge in [-0.05, 0) is 12.1 Å². The van der Waals surface area contributed by atoms with E-state index >= 15 is 0 Å². The highest BCUT2D eigenvalue weighted by atomic mass is 16.6. The molecule has 20 heavy (non-hydrogen) atoms. The Kier molecular flexibility index (Phi) is 5.08. The minimum atomic E-state index is -1.45. The van der Waals surface area contributed by atoms with Gasteiger partial charge in [0.05, 0.1) is 7.11 Å². The molecule has 1 N–H and O–H groups in total. The van der Waals surface area contributed by atoms with Gasteiger partial charge in [0.15, 0.2) is 11.5 Å². The Bertz CT molecular complexity index is 536. The summed E-state index contributed by atoms with van der Waals surface area (Å²) in [6.07, 6.45) is -1.45. The molecule has 1 aromatic rings. The van der Waals surface area contributed by atoms with Crippen LogP contribution in [-0.4, -0.2) is 30.1 Å². The molecule has 0 aliphatic rings. The molecule has 0 aromatic heterocycles. The molecule has 0 spiro atoms. The summed E-state index contributed by atoms with van der Waals surface area (Å²) in [5, 5.41) is 9.05. The van der Waals surface area contributed by atoms with Crippen molar-refractivity contribution in [1.82, 2.24) is 0 Å². The Labute approximate surface area is 115 Å². The van der Waals surface area contributed by atoms with Crippen LogP contribution in [0.3, 0.4) is 0 Å². The van der Waals surface area contributed by atoms with Gasteiger partial charge in [0.25, 0.3) is 0 Å². The van der Waals surface area contributed by atoms with E-state index in [0.29, 0.717) is 0 Å². The smallest absolute Gasteiger partial charge is 0.349 e. The van der Waals surface area contributed by atoms with Gasteiger partial charge in [-0.25, -0.2) is 4.79 Å². The summed E-state index contributed by atoms with van der Waals surface area (Å²) in [6, 6.07) is 4.08. The van der Waals surface area contributed by atoms with Gasteiger partial charge in [-0.1, -0.05) is 6.07 Å². The highest BCUT2D eigenvalue weighted by molar-refractivity contribution is 5.79. The quantitative estimate of drug-likeness (QED) is 0.642. The van der Waals surface area contributed by atoms with Crippen LogP contribution in [0.25, 0.3) is 0 Å². The molecule has 0 bridgehead atoms.